The minimum atomic E-state index is -0.901. The smallest absolute Gasteiger partial charge is 0.308 e. The van der Waals surface area contributed by atoms with E-state index < -0.39 is 12.6 Å². The average molecular weight is 326 g/mol. The Kier molecular flexibility index (Phi) is 4.40. The van der Waals surface area contributed by atoms with Gasteiger partial charge in [0.05, 0.1) is 17.5 Å². The molecule has 2 aliphatic rings. The Morgan fingerprint density at radius 2 is 2.23 bits per heavy atom. The first-order valence-corrected chi connectivity index (χ1v) is 8.52. The van der Waals surface area contributed by atoms with Crippen molar-refractivity contribution >= 4 is 22.3 Å². The lowest BCUT2D eigenvalue weighted by molar-refractivity contribution is -0.155. The van der Waals surface area contributed by atoms with Crippen LogP contribution in [0.25, 0.3) is 0 Å². The predicted octanol–water partition coefficient (Wildman–Crippen LogP) is 1.64. The van der Waals surface area contributed by atoms with Crippen molar-refractivity contribution in [2.75, 3.05) is 18.5 Å². The monoisotopic (exact) mass is 326 g/mol. The molecule has 122 valence electrons. The zero-order valence-corrected chi connectivity index (χ0v) is 13.6. The largest absolute Gasteiger partial charge is 0.466 e. The molecule has 1 aliphatic carbocycles. The van der Waals surface area contributed by atoms with E-state index in [9.17, 15) is 15.0 Å². The minimum absolute atomic E-state index is 0.0320. The van der Waals surface area contributed by atoms with Crippen LogP contribution in [0.3, 0.4) is 0 Å². The van der Waals surface area contributed by atoms with E-state index in [-0.39, 0.29) is 11.9 Å². The van der Waals surface area contributed by atoms with Gasteiger partial charge in [-0.05, 0) is 43.6 Å². The summed E-state index contributed by atoms with van der Waals surface area (Å²) in [7, 11) is 0. The topological polar surface area (TPSA) is 82.0 Å². The number of aliphatic hydroxyl groups is 2. The van der Waals surface area contributed by atoms with Crippen LogP contribution in [-0.2, 0) is 9.53 Å². The number of hydrogen-bond donors (Lipinski definition) is 3. The maximum absolute atomic E-state index is 11.6. The van der Waals surface area contributed by atoms with Crippen LogP contribution in [-0.4, -0.2) is 40.6 Å². The number of fused-ring (bicyclic) bond motifs is 1. The molecule has 0 amide bonds. The van der Waals surface area contributed by atoms with Gasteiger partial charge in [0.15, 0.2) is 6.35 Å². The molecule has 6 nitrogen and oxygen atoms in total. The number of rotatable bonds is 4. The Balaban J connectivity index is 1.60. The van der Waals surface area contributed by atoms with E-state index in [1.54, 1.807) is 11.8 Å². The molecule has 0 aromatic carbocycles. The van der Waals surface area contributed by atoms with Gasteiger partial charge in [-0.15, -0.1) is 11.3 Å². The molecule has 3 rings (SSSR count). The molecule has 2 heterocycles. The van der Waals surface area contributed by atoms with Crippen LogP contribution in [0, 0.1) is 18.8 Å². The van der Waals surface area contributed by atoms with E-state index >= 15 is 0 Å². The van der Waals surface area contributed by atoms with Gasteiger partial charge in [0.25, 0.3) is 0 Å². The summed E-state index contributed by atoms with van der Waals surface area (Å²) < 4.78 is 5.02. The van der Waals surface area contributed by atoms with E-state index in [2.05, 4.69) is 5.32 Å². The third-order valence-electron chi connectivity index (χ3n) is 4.49. The molecule has 2 atom stereocenters. The SMILES string of the molecule is CCOC(=O)C1CC(CN2C(O)Nc3scc(C)c3C2O)C1. The van der Waals surface area contributed by atoms with Crippen LogP contribution < -0.4 is 5.32 Å². The van der Waals surface area contributed by atoms with Crippen LogP contribution >= 0.6 is 11.3 Å². The molecular formula is C15H22N2O4S. The molecule has 2 unspecified atom stereocenters. The second kappa shape index (κ2) is 6.16. The molecule has 1 aromatic heterocycles. The highest BCUT2D eigenvalue weighted by atomic mass is 32.1. The molecule has 1 fully saturated rings. The Hall–Kier alpha value is -1.15. The second-order valence-electron chi connectivity index (χ2n) is 6.04. The molecule has 1 aromatic rings. The number of thiophene rings is 1. The third kappa shape index (κ3) is 2.74. The number of ether oxygens (including phenoxy) is 1. The summed E-state index contributed by atoms with van der Waals surface area (Å²) in [5.41, 5.74) is 1.87. The molecule has 1 aliphatic heterocycles. The quantitative estimate of drug-likeness (QED) is 0.730. The molecule has 0 bridgehead atoms. The van der Waals surface area contributed by atoms with Gasteiger partial charge in [-0.25, -0.2) is 4.90 Å². The number of esters is 1. The summed E-state index contributed by atoms with van der Waals surface area (Å²) in [6.07, 6.45) is -0.199. The Bertz CT molecular complexity index is 556. The van der Waals surface area contributed by atoms with Crippen molar-refractivity contribution in [3.63, 3.8) is 0 Å². The molecule has 0 spiro atoms. The van der Waals surface area contributed by atoms with Crippen LogP contribution in [0.4, 0.5) is 5.00 Å². The number of aryl methyl sites for hydroxylation is 1. The van der Waals surface area contributed by atoms with E-state index in [1.807, 2.05) is 12.3 Å². The molecule has 3 N–H and O–H groups in total. The highest BCUT2D eigenvalue weighted by molar-refractivity contribution is 7.14. The fourth-order valence-electron chi connectivity index (χ4n) is 3.22. The maximum atomic E-state index is 11.6. The van der Waals surface area contributed by atoms with Gasteiger partial charge in [-0.2, -0.15) is 0 Å². The van der Waals surface area contributed by atoms with Crippen LogP contribution in [0.2, 0.25) is 0 Å². The molecular weight excluding hydrogens is 304 g/mol. The molecule has 1 saturated carbocycles. The minimum Gasteiger partial charge on any atom is -0.466 e. The lowest BCUT2D eigenvalue weighted by Crippen LogP contribution is -2.50. The van der Waals surface area contributed by atoms with Gasteiger partial charge in [0.1, 0.15) is 6.23 Å². The summed E-state index contributed by atoms with van der Waals surface area (Å²) in [5.74, 6) is 0.129. The van der Waals surface area contributed by atoms with Gasteiger partial charge in [-0.1, -0.05) is 0 Å². The highest BCUT2D eigenvalue weighted by Crippen LogP contribution is 2.42. The number of carbonyl (C=O) groups is 1. The Labute approximate surface area is 133 Å². The number of carbonyl (C=O) groups excluding carboxylic acids is 1. The number of aliphatic hydroxyl groups excluding tert-OH is 2. The average Bonchev–Trinajstić information content (AvgIpc) is 2.77. The molecule has 0 saturated heterocycles. The van der Waals surface area contributed by atoms with E-state index in [0.29, 0.717) is 19.1 Å². The zero-order valence-electron chi connectivity index (χ0n) is 12.8. The van der Waals surface area contributed by atoms with Crippen molar-refractivity contribution < 1.29 is 19.7 Å². The van der Waals surface area contributed by atoms with Crippen LogP contribution in [0.5, 0.6) is 0 Å². The number of hydrogen-bond acceptors (Lipinski definition) is 7. The van der Waals surface area contributed by atoms with E-state index in [1.165, 1.54) is 11.3 Å². The number of nitrogens with one attached hydrogen (secondary N) is 1. The first-order chi connectivity index (χ1) is 10.5. The highest BCUT2D eigenvalue weighted by Gasteiger charge is 2.41. The van der Waals surface area contributed by atoms with Crippen LogP contribution in [0.1, 0.15) is 37.1 Å². The van der Waals surface area contributed by atoms with Crippen molar-refractivity contribution in [2.45, 2.75) is 39.3 Å². The first-order valence-electron chi connectivity index (χ1n) is 7.64. The van der Waals surface area contributed by atoms with Crippen molar-refractivity contribution in [1.29, 1.82) is 0 Å². The van der Waals surface area contributed by atoms with Crippen molar-refractivity contribution in [2.24, 2.45) is 11.8 Å². The van der Waals surface area contributed by atoms with Gasteiger partial charge in [-0.3, -0.25) is 4.79 Å². The zero-order chi connectivity index (χ0) is 15.9. The van der Waals surface area contributed by atoms with Gasteiger partial charge < -0.3 is 20.3 Å². The van der Waals surface area contributed by atoms with Gasteiger partial charge in [0.2, 0.25) is 0 Å². The summed E-state index contributed by atoms with van der Waals surface area (Å²) in [4.78, 5) is 13.3. The lowest BCUT2D eigenvalue weighted by Gasteiger charge is -2.43. The maximum Gasteiger partial charge on any atom is 0.308 e. The Morgan fingerprint density at radius 1 is 1.50 bits per heavy atom. The van der Waals surface area contributed by atoms with Crippen molar-refractivity contribution in [3.05, 3.63) is 16.5 Å². The van der Waals surface area contributed by atoms with Crippen LogP contribution in [0.15, 0.2) is 5.38 Å². The molecule has 22 heavy (non-hydrogen) atoms. The van der Waals surface area contributed by atoms with Gasteiger partial charge >= 0.3 is 5.97 Å². The number of nitrogens with zero attached hydrogens (tertiary/aromatic N) is 1. The normalized spacial score (nSPS) is 31.1. The summed E-state index contributed by atoms with van der Waals surface area (Å²) in [6.45, 7) is 4.73. The summed E-state index contributed by atoms with van der Waals surface area (Å²) in [5, 5.41) is 26.5. The standard InChI is InChI=1S/C15H22N2O4S/c1-3-21-14(19)10-4-9(5-10)6-17-13(18)11-8(2)7-22-12(11)16-15(17)20/h7,9-10,13,15-16,18,20H,3-6H2,1-2H3. The van der Waals surface area contributed by atoms with E-state index in [4.69, 9.17) is 4.74 Å². The molecule has 7 heteroatoms. The Morgan fingerprint density at radius 3 is 2.91 bits per heavy atom. The van der Waals surface area contributed by atoms with E-state index in [0.717, 1.165) is 29.0 Å². The van der Waals surface area contributed by atoms with Crippen molar-refractivity contribution in [1.82, 2.24) is 4.90 Å². The lowest BCUT2D eigenvalue weighted by atomic mass is 9.74. The summed E-state index contributed by atoms with van der Waals surface area (Å²) >= 11 is 1.49. The second-order valence-corrected chi connectivity index (χ2v) is 6.92. The number of anilines is 1. The fraction of sp³-hybridized carbons (Fsp3) is 0.667. The first kappa shape index (κ1) is 15.7. The fourth-order valence-corrected chi connectivity index (χ4v) is 4.21. The predicted molar refractivity (Wildman–Crippen MR) is 83.2 cm³/mol. The summed E-state index contributed by atoms with van der Waals surface area (Å²) in [6, 6.07) is 0. The third-order valence-corrected chi connectivity index (χ3v) is 5.54. The van der Waals surface area contributed by atoms with Gasteiger partial charge in [0, 0.05) is 12.1 Å². The van der Waals surface area contributed by atoms with Crippen molar-refractivity contribution in [3.8, 4) is 0 Å². The molecule has 0 radical (unpaired) electrons.